The third-order valence-corrected chi connectivity index (χ3v) is 2.83. The number of nitrogens with two attached hydrogens (primary N) is 1. The second kappa shape index (κ2) is 12.7. The summed E-state index contributed by atoms with van der Waals surface area (Å²) in [5.41, 5.74) is 5.27. The lowest BCUT2D eigenvalue weighted by atomic mass is 10.2. The first-order valence-corrected chi connectivity index (χ1v) is 7.10. The topological polar surface area (TPSA) is 205 Å². The minimum atomic E-state index is -1.37. The first-order chi connectivity index (χ1) is 11.6. The smallest absolute Gasteiger partial charge is 0.480 e. The molecule has 14 nitrogen and oxygen atoms in total. The van der Waals surface area contributed by atoms with Gasteiger partial charge in [-0.1, -0.05) is 0 Å². The van der Waals surface area contributed by atoms with Crippen LogP contribution in [0.2, 0.25) is 0 Å². The predicted molar refractivity (Wildman–Crippen MR) is 73.0 cm³/mol. The minimum absolute atomic E-state index is 0.0600. The van der Waals surface area contributed by atoms with Crippen LogP contribution in [-0.2, 0) is 23.9 Å². The Labute approximate surface area is 142 Å². The van der Waals surface area contributed by atoms with Crippen molar-refractivity contribution < 1.29 is 54.7 Å². The maximum Gasteiger partial charge on any atom is 0.508 e. The largest absolute Gasteiger partial charge is 0.508 e. The number of hydrogen-bond donors (Lipinski definition) is 6. The average molecular weight is 373 g/mol. The van der Waals surface area contributed by atoms with E-state index in [9.17, 15) is 9.59 Å². The van der Waals surface area contributed by atoms with Gasteiger partial charge in [-0.3, -0.25) is 25.6 Å². The van der Waals surface area contributed by atoms with Crippen LogP contribution in [0.1, 0.15) is 26.2 Å². The number of ether oxygens (including phenoxy) is 2. The number of nitrogens with zero attached hydrogens (tertiary/aromatic N) is 2. The van der Waals surface area contributed by atoms with Gasteiger partial charge in [0.1, 0.15) is 24.9 Å². The van der Waals surface area contributed by atoms with Gasteiger partial charge in [0.15, 0.2) is 0 Å². The molecule has 0 aliphatic carbocycles. The Hall–Kier alpha value is -1.62. The van der Waals surface area contributed by atoms with E-state index >= 15 is 0 Å². The van der Waals surface area contributed by atoms with Crippen molar-refractivity contribution in [3.63, 3.8) is 0 Å². The molecule has 0 bridgehead atoms. The molecule has 0 aliphatic rings. The van der Waals surface area contributed by atoms with Gasteiger partial charge in [-0.2, -0.15) is 0 Å². The van der Waals surface area contributed by atoms with Crippen LogP contribution in [-0.4, -0.2) is 80.3 Å². The number of carboxylic acid groups (broad SMARTS) is 1. The zero-order chi connectivity index (χ0) is 19.4. The van der Waals surface area contributed by atoms with Crippen LogP contribution in [0, 0.1) is 0 Å². The van der Waals surface area contributed by atoms with Gasteiger partial charge < -0.3 is 20.3 Å². The number of rotatable bonds is 13. The number of carbonyl (C=O) groups is 2. The van der Waals surface area contributed by atoms with Crippen molar-refractivity contribution in [2.75, 3.05) is 13.2 Å². The third-order valence-electron chi connectivity index (χ3n) is 2.83. The van der Waals surface area contributed by atoms with Gasteiger partial charge in [0.2, 0.25) is 0 Å². The van der Waals surface area contributed by atoms with Crippen LogP contribution in [0.15, 0.2) is 0 Å². The fourth-order valence-electron chi connectivity index (χ4n) is 1.54. The van der Waals surface area contributed by atoms with Crippen molar-refractivity contribution in [1.29, 1.82) is 0 Å². The molecule has 0 amide bonds. The molecule has 0 aromatic rings. The molecule has 0 rings (SSSR count). The Morgan fingerprint density at radius 3 is 2.28 bits per heavy atom. The second-order valence-corrected chi connectivity index (χ2v) is 4.81. The molecule has 0 radical (unpaired) electrons. The Balaban J connectivity index is 3.96. The van der Waals surface area contributed by atoms with Crippen LogP contribution < -0.4 is 5.73 Å². The highest BCUT2D eigenvalue weighted by molar-refractivity contribution is 5.74. The van der Waals surface area contributed by atoms with E-state index in [1.807, 2.05) is 0 Å². The van der Waals surface area contributed by atoms with Gasteiger partial charge in [0.05, 0.1) is 17.4 Å². The van der Waals surface area contributed by atoms with Crippen LogP contribution in [0.5, 0.6) is 0 Å². The lowest BCUT2D eigenvalue weighted by molar-refractivity contribution is -0.527. The summed E-state index contributed by atoms with van der Waals surface area (Å²) in [7, 11) is 0. The number of aliphatic carboxylic acids is 1. The number of carboxylic acids is 1. The molecule has 25 heavy (non-hydrogen) atoms. The highest BCUT2D eigenvalue weighted by Gasteiger charge is 2.24. The summed E-state index contributed by atoms with van der Waals surface area (Å²) in [6.07, 6.45) is -2.20. The Morgan fingerprint density at radius 1 is 1.12 bits per heavy atom. The van der Waals surface area contributed by atoms with Gasteiger partial charge in [-0.05, 0) is 26.2 Å². The molecule has 0 fully saturated rings. The molecule has 0 aromatic carbocycles. The number of carbonyl (C=O) groups excluding carboxylic acids is 1. The van der Waals surface area contributed by atoms with Crippen molar-refractivity contribution in [3.05, 3.63) is 0 Å². The van der Waals surface area contributed by atoms with E-state index < -0.39 is 47.8 Å². The quantitative estimate of drug-likeness (QED) is 0.137. The SMILES string of the molecule is CC(OC(=O)OCCCCC(CON(O)O)ON(O)O)C(N)C(=O)O. The summed E-state index contributed by atoms with van der Waals surface area (Å²) in [5.74, 6) is -1.32. The number of hydrogen-bond acceptors (Lipinski definition) is 13. The van der Waals surface area contributed by atoms with Crippen LogP contribution in [0.25, 0.3) is 0 Å². The van der Waals surface area contributed by atoms with Crippen molar-refractivity contribution in [2.45, 2.75) is 44.4 Å². The molecule has 0 aliphatic heterocycles. The molecular weight excluding hydrogens is 350 g/mol. The lowest BCUT2D eigenvalue weighted by Crippen LogP contribution is -2.42. The fraction of sp³-hybridized carbons (Fsp3) is 0.818. The summed E-state index contributed by atoms with van der Waals surface area (Å²) < 4.78 is 9.40. The third kappa shape index (κ3) is 12.4. The Morgan fingerprint density at radius 2 is 1.76 bits per heavy atom. The molecule has 148 valence electrons. The zero-order valence-corrected chi connectivity index (χ0v) is 13.4. The molecule has 0 saturated heterocycles. The number of unbranched alkanes of at least 4 members (excludes halogenated alkanes) is 1. The maximum atomic E-state index is 11.3. The molecule has 0 aromatic heterocycles. The van der Waals surface area contributed by atoms with E-state index in [0.717, 1.165) is 0 Å². The first-order valence-electron chi connectivity index (χ1n) is 7.10. The van der Waals surface area contributed by atoms with Crippen molar-refractivity contribution >= 4 is 12.1 Å². The van der Waals surface area contributed by atoms with E-state index in [4.69, 9.17) is 36.4 Å². The standard InChI is InChI=1S/C11H23N3O11/c1-7(9(12)10(15)16)24-11(17)22-5-3-2-4-8(25-14(20)21)6-23-13(18)19/h7-9,18-21H,2-6,12H2,1H3,(H,15,16). The minimum Gasteiger partial charge on any atom is -0.480 e. The summed E-state index contributed by atoms with van der Waals surface area (Å²) in [4.78, 5) is 30.7. The summed E-state index contributed by atoms with van der Waals surface area (Å²) in [6.45, 7) is 0.844. The maximum absolute atomic E-state index is 11.3. The highest BCUT2D eigenvalue weighted by Crippen LogP contribution is 2.08. The van der Waals surface area contributed by atoms with E-state index in [2.05, 4.69) is 14.4 Å². The summed E-state index contributed by atoms with van der Waals surface area (Å²) >= 11 is 0. The van der Waals surface area contributed by atoms with Crippen molar-refractivity contribution in [3.8, 4) is 0 Å². The lowest BCUT2D eigenvalue weighted by Gasteiger charge is -2.19. The van der Waals surface area contributed by atoms with Gasteiger partial charge >= 0.3 is 12.1 Å². The molecule has 7 N–H and O–H groups in total. The normalized spacial score (nSPS) is 15.0. The molecule has 14 heteroatoms. The van der Waals surface area contributed by atoms with Gasteiger partial charge in [0.25, 0.3) is 0 Å². The van der Waals surface area contributed by atoms with Crippen LogP contribution in [0.3, 0.4) is 0 Å². The highest BCUT2D eigenvalue weighted by atomic mass is 17.1. The zero-order valence-electron chi connectivity index (χ0n) is 13.4. The first kappa shape index (κ1) is 23.4. The van der Waals surface area contributed by atoms with Gasteiger partial charge in [-0.25, -0.2) is 14.5 Å². The van der Waals surface area contributed by atoms with Gasteiger partial charge in [-0.15, -0.1) is 0 Å². The van der Waals surface area contributed by atoms with Crippen LogP contribution in [0.4, 0.5) is 4.79 Å². The second-order valence-electron chi connectivity index (χ2n) is 4.81. The fourth-order valence-corrected chi connectivity index (χ4v) is 1.54. The summed E-state index contributed by atoms with van der Waals surface area (Å²) in [5, 5.41) is 41.5. The average Bonchev–Trinajstić information content (AvgIpc) is 2.50. The Kier molecular flexibility index (Phi) is 11.9. The molecule has 3 atom stereocenters. The molecule has 3 unspecified atom stereocenters. The molecular formula is C11H23N3O11. The van der Waals surface area contributed by atoms with Gasteiger partial charge in [0, 0.05) is 0 Å². The van der Waals surface area contributed by atoms with Crippen molar-refractivity contribution in [1.82, 2.24) is 10.8 Å². The molecule has 0 saturated carbocycles. The van der Waals surface area contributed by atoms with E-state index in [-0.39, 0.29) is 13.0 Å². The molecule has 0 heterocycles. The van der Waals surface area contributed by atoms with E-state index in [1.165, 1.54) is 6.92 Å². The van der Waals surface area contributed by atoms with E-state index in [1.54, 1.807) is 0 Å². The summed E-state index contributed by atoms with van der Waals surface area (Å²) in [6, 6.07) is -1.37. The van der Waals surface area contributed by atoms with Crippen molar-refractivity contribution in [2.24, 2.45) is 5.73 Å². The predicted octanol–water partition coefficient (Wildman–Crippen LogP) is -0.497. The molecule has 0 spiro atoms. The van der Waals surface area contributed by atoms with E-state index in [0.29, 0.717) is 12.8 Å². The monoisotopic (exact) mass is 373 g/mol. The Bertz CT molecular complexity index is 395. The van der Waals surface area contributed by atoms with Crippen LogP contribution >= 0.6 is 0 Å².